The third-order valence-electron chi connectivity index (χ3n) is 5.16. The van der Waals surface area contributed by atoms with Gasteiger partial charge in [-0.3, -0.25) is 0 Å². The fourth-order valence-electron chi connectivity index (χ4n) is 4.10. The van der Waals surface area contributed by atoms with Crippen LogP contribution in [0.15, 0.2) is 47.0 Å². The summed E-state index contributed by atoms with van der Waals surface area (Å²) in [5, 5.41) is 4.59. The predicted octanol–water partition coefficient (Wildman–Crippen LogP) is 6.25. The minimum Gasteiger partial charge on any atom is -0.496 e. The van der Waals surface area contributed by atoms with Crippen LogP contribution in [-0.2, 0) is 0 Å². The van der Waals surface area contributed by atoms with Crippen molar-refractivity contribution in [3.63, 3.8) is 0 Å². The number of hydrogen-bond donors (Lipinski definition) is 1. The molecule has 1 aliphatic heterocycles. The van der Waals surface area contributed by atoms with Gasteiger partial charge >= 0.3 is 0 Å². The van der Waals surface area contributed by atoms with Crippen molar-refractivity contribution >= 4 is 33.2 Å². The Morgan fingerprint density at radius 1 is 1.21 bits per heavy atom. The van der Waals surface area contributed by atoms with Gasteiger partial charge in [-0.25, -0.2) is 0 Å². The summed E-state index contributed by atoms with van der Waals surface area (Å²) in [6.07, 6.45) is 5.68. The molecule has 0 unspecified atom stereocenters. The van der Waals surface area contributed by atoms with Crippen molar-refractivity contribution in [2.24, 2.45) is 5.92 Å². The average Bonchev–Trinajstić information content (AvgIpc) is 3.04. The van der Waals surface area contributed by atoms with Crippen LogP contribution in [-0.4, -0.2) is 7.11 Å². The monoisotopic (exact) mass is 403 g/mol. The van der Waals surface area contributed by atoms with Gasteiger partial charge in [0.15, 0.2) is 0 Å². The molecular weight excluding hydrogens is 386 g/mol. The summed E-state index contributed by atoms with van der Waals surface area (Å²) >= 11 is 9.92. The van der Waals surface area contributed by atoms with Crippen molar-refractivity contribution in [3.8, 4) is 5.75 Å². The maximum absolute atomic E-state index is 6.32. The molecule has 3 atom stereocenters. The van der Waals surface area contributed by atoms with E-state index in [0.717, 1.165) is 21.7 Å². The summed E-state index contributed by atoms with van der Waals surface area (Å²) in [6, 6.07) is 10.6. The molecule has 1 N–H and O–H groups in total. The van der Waals surface area contributed by atoms with Crippen LogP contribution in [0.1, 0.15) is 35.1 Å². The van der Waals surface area contributed by atoms with Gasteiger partial charge in [0.25, 0.3) is 0 Å². The molecule has 0 radical (unpaired) electrons. The molecule has 1 aliphatic carbocycles. The van der Waals surface area contributed by atoms with Crippen LogP contribution < -0.4 is 10.1 Å². The summed E-state index contributed by atoms with van der Waals surface area (Å²) < 4.78 is 6.71. The summed E-state index contributed by atoms with van der Waals surface area (Å²) in [5.74, 6) is 1.79. The predicted molar refractivity (Wildman–Crippen MR) is 103 cm³/mol. The number of benzene rings is 2. The molecule has 4 rings (SSSR count). The number of ether oxygens (including phenoxy) is 1. The van der Waals surface area contributed by atoms with E-state index in [9.17, 15) is 0 Å². The van der Waals surface area contributed by atoms with E-state index in [1.54, 1.807) is 7.11 Å². The van der Waals surface area contributed by atoms with E-state index < -0.39 is 0 Å². The van der Waals surface area contributed by atoms with Crippen LogP contribution in [0.25, 0.3) is 0 Å². The maximum atomic E-state index is 6.32. The van der Waals surface area contributed by atoms with Crippen LogP contribution in [0.2, 0.25) is 5.02 Å². The van der Waals surface area contributed by atoms with Gasteiger partial charge in [0.05, 0.1) is 13.2 Å². The number of rotatable bonds is 2. The summed E-state index contributed by atoms with van der Waals surface area (Å²) in [7, 11) is 1.74. The molecule has 1 heterocycles. The van der Waals surface area contributed by atoms with Gasteiger partial charge in [0.1, 0.15) is 5.75 Å². The van der Waals surface area contributed by atoms with E-state index in [4.69, 9.17) is 16.3 Å². The first-order valence-electron chi connectivity index (χ1n) is 8.15. The zero-order valence-electron chi connectivity index (χ0n) is 13.6. The van der Waals surface area contributed by atoms with Gasteiger partial charge in [-0.2, -0.15) is 0 Å². The van der Waals surface area contributed by atoms with E-state index in [1.807, 2.05) is 18.2 Å². The topological polar surface area (TPSA) is 21.3 Å². The molecule has 0 fully saturated rings. The van der Waals surface area contributed by atoms with Crippen LogP contribution in [0.4, 0.5) is 5.69 Å². The van der Waals surface area contributed by atoms with E-state index in [0.29, 0.717) is 11.8 Å². The quantitative estimate of drug-likeness (QED) is 0.598. The number of aryl methyl sites for hydroxylation is 1. The third-order valence-corrected chi connectivity index (χ3v) is 5.87. The molecule has 0 spiro atoms. The molecule has 0 aromatic heterocycles. The van der Waals surface area contributed by atoms with Crippen LogP contribution in [0.3, 0.4) is 0 Å². The lowest BCUT2D eigenvalue weighted by Crippen LogP contribution is -2.30. The Bertz CT molecular complexity index is 833. The smallest absolute Gasteiger partial charge is 0.124 e. The summed E-state index contributed by atoms with van der Waals surface area (Å²) in [6.45, 7) is 2.12. The highest BCUT2D eigenvalue weighted by atomic mass is 79.9. The standard InChI is InChI=1S/C20H19BrClNO/c1-11-8-13(22)10-16-14-4-3-5-15(14)20(23-19(11)16)17-9-12(21)6-7-18(17)24-2/h3-4,6-10,14-15,20,23H,5H2,1-2H3/t14-,15+,20+/m0/s1. The maximum Gasteiger partial charge on any atom is 0.124 e. The van der Waals surface area contributed by atoms with Gasteiger partial charge in [-0.1, -0.05) is 39.7 Å². The first-order chi connectivity index (χ1) is 11.6. The SMILES string of the molecule is COc1ccc(Br)cc1[C@@H]1Nc2c(C)cc(Cl)cc2[C@H]2C=CC[C@H]21. The van der Waals surface area contributed by atoms with Crippen molar-refractivity contribution in [3.05, 3.63) is 68.7 Å². The van der Waals surface area contributed by atoms with Gasteiger partial charge in [-0.15, -0.1) is 0 Å². The van der Waals surface area contributed by atoms with Gasteiger partial charge in [-0.05, 0) is 60.7 Å². The van der Waals surface area contributed by atoms with E-state index in [1.165, 1.54) is 22.4 Å². The highest BCUT2D eigenvalue weighted by Crippen LogP contribution is 2.52. The largest absolute Gasteiger partial charge is 0.496 e. The Labute approximate surface area is 156 Å². The Kier molecular flexibility index (Phi) is 4.09. The zero-order valence-corrected chi connectivity index (χ0v) is 16.0. The lowest BCUT2D eigenvalue weighted by Gasteiger charge is -2.39. The highest BCUT2D eigenvalue weighted by Gasteiger charge is 2.39. The number of hydrogen-bond acceptors (Lipinski definition) is 2. The van der Waals surface area contributed by atoms with E-state index in [2.05, 4.69) is 52.5 Å². The molecule has 0 amide bonds. The Hall–Kier alpha value is -1.45. The number of allylic oxidation sites excluding steroid dienone is 2. The number of nitrogens with one attached hydrogen (secondary N) is 1. The number of fused-ring (bicyclic) bond motifs is 3. The van der Waals surface area contributed by atoms with Crippen LogP contribution in [0, 0.1) is 12.8 Å². The fraction of sp³-hybridized carbons (Fsp3) is 0.300. The van der Waals surface area contributed by atoms with Gasteiger partial charge in [0.2, 0.25) is 0 Å². The molecule has 2 aromatic rings. The van der Waals surface area contributed by atoms with Gasteiger partial charge in [0, 0.05) is 26.7 Å². The lowest BCUT2D eigenvalue weighted by molar-refractivity contribution is 0.381. The van der Waals surface area contributed by atoms with E-state index in [-0.39, 0.29) is 6.04 Å². The zero-order chi connectivity index (χ0) is 16.8. The second kappa shape index (κ2) is 6.12. The second-order valence-electron chi connectivity index (χ2n) is 6.55. The normalized spacial score (nSPS) is 24.2. The van der Waals surface area contributed by atoms with Crippen molar-refractivity contribution in [1.29, 1.82) is 0 Å². The molecular formula is C20H19BrClNO. The van der Waals surface area contributed by atoms with Crippen molar-refractivity contribution in [2.45, 2.75) is 25.3 Å². The third kappa shape index (κ3) is 2.55. The Morgan fingerprint density at radius 2 is 2.04 bits per heavy atom. The van der Waals surface area contributed by atoms with Crippen LogP contribution >= 0.6 is 27.5 Å². The molecule has 124 valence electrons. The van der Waals surface area contributed by atoms with Crippen molar-refractivity contribution < 1.29 is 4.74 Å². The molecule has 0 bridgehead atoms. The number of anilines is 1. The minimum absolute atomic E-state index is 0.213. The van der Waals surface area contributed by atoms with Crippen molar-refractivity contribution in [1.82, 2.24) is 0 Å². The average molecular weight is 405 g/mol. The molecule has 0 saturated heterocycles. The molecule has 2 aliphatic rings. The van der Waals surface area contributed by atoms with Gasteiger partial charge < -0.3 is 10.1 Å². The molecule has 2 nitrogen and oxygen atoms in total. The molecule has 24 heavy (non-hydrogen) atoms. The van der Waals surface area contributed by atoms with Crippen molar-refractivity contribution in [2.75, 3.05) is 12.4 Å². The molecule has 2 aromatic carbocycles. The fourth-order valence-corrected chi connectivity index (χ4v) is 4.76. The lowest BCUT2D eigenvalue weighted by atomic mass is 9.76. The number of halogens is 2. The number of methoxy groups -OCH3 is 1. The Morgan fingerprint density at radius 3 is 2.83 bits per heavy atom. The highest BCUT2D eigenvalue weighted by molar-refractivity contribution is 9.10. The first-order valence-corrected chi connectivity index (χ1v) is 9.32. The molecule has 0 saturated carbocycles. The summed E-state index contributed by atoms with van der Waals surface area (Å²) in [4.78, 5) is 0. The first kappa shape index (κ1) is 16.0. The van der Waals surface area contributed by atoms with E-state index >= 15 is 0 Å². The second-order valence-corrected chi connectivity index (χ2v) is 7.90. The minimum atomic E-state index is 0.213. The summed E-state index contributed by atoms with van der Waals surface area (Å²) in [5.41, 5.74) is 4.91. The van der Waals surface area contributed by atoms with Crippen LogP contribution in [0.5, 0.6) is 5.75 Å². The Balaban J connectivity index is 1.86. The molecule has 4 heteroatoms.